The van der Waals surface area contributed by atoms with Crippen molar-refractivity contribution in [2.75, 3.05) is 0 Å². The number of rotatable bonds is 5. The molecule has 1 aromatic rings. The molecule has 0 saturated heterocycles. The molecule has 0 bridgehead atoms. The third-order valence-corrected chi connectivity index (χ3v) is 3.96. The SMILES string of the molecule is CCCc1nn(CCC#N)c(Cl)c1S(=O)(=O)Cl. The van der Waals surface area contributed by atoms with Crippen molar-refractivity contribution in [2.45, 2.75) is 37.6 Å². The molecule has 0 N–H and O–H groups in total. The Balaban J connectivity index is 3.26. The number of hydrogen-bond acceptors (Lipinski definition) is 4. The lowest BCUT2D eigenvalue weighted by atomic mass is 10.2. The summed E-state index contributed by atoms with van der Waals surface area (Å²) < 4.78 is 24.1. The molecule has 0 spiro atoms. The molecule has 0 amide bonds. The van der Waals surface area contributed by atoms with Gasteiger partial charge in [0.05, 0.1) is 24.7 Å². The molecule has 0 saturated carbocycles. The van der Waals surface area contributed by atoms with E-state index in [0.717, 1.165) is 6.42 Å². The summed E-state index contributed by atoms with van der Waals surface area (Å²) in [6, 6.07) is 1.94. The van der Waals surface area contributed by atoms with Gasteiger partial charge in [-0.05, 0) is 6.42 Å². The van der Waals surface area contributed by atoms with Gasteiger partial charge in [-0.25, -0.2) is 8.42 Å². The summed E-state index contributed by atoms with van der Waals surface area (Å²) in [7, 11) is 1.41. The fraction of sp³-hybridized carbons (Fsp3) is 0.556. The van der Waals surface area contributed by atoms with E-state index in [-0.39, 0.29) is 23.0 Å². The third-order valence-electron chi connectivity index (χ3n) is 2.08. The second-order valence-electron chi connectivity index (χ2n) is 3.39. The van der Waals surface area contributed by atoms with E-state index in [4.69, 9.17) is 27.5 Å². The number of nitrogens with zero attached hydrogens (tertiary/aromatic N) is 3. The molecule has 0 unspecified atom stereocenters. The predicted octanol–water partition coefficient (Wildman–Crippen LogP) is 2.33. The van der Waals surface area contributed by atoms with Crippen molar-refractivity contribution >= 4 is 31.3 Å². The van der Waals surface area contributed by atoms with E-state index in [9.17, 15) is 8.42 Å². The molecule has 0 aliphatic heterocycles. The molecule has 0 aromatic carbocycles. The maximum atomic E-state index is 11.4. The van der Waals surface area contributed by atoms with Gasteiger partial charge in [0.1, 0.15) is 10.0 Å². The van der Waals surface area contributed by atoms with Gasteiger partial charge in [-0.2, -0.15) is 10.4 Å². The zero-order valence-corrected chi connectivity index (χ0v) is 11.5. The minimum Gasteiger partial charge on any atom is -0.251 e. The molecule has 0 aliphatic carbocycles. The highest BCUT2D eigenvalue weighted by atomic mass is 35.7. The highest BCUT2D eigenvalue weighted by Gasteiger charge is 2.25. The summed E-state index contributed by atoms with van der Waals surface area (Å²) in [5.41, 5.74) is 0.352. The minimum absolute atomic E-state index is 0.0290. The van der Waals surface area contributed by atoms with Crippen molar-refractivity contribution in [3.63, 3.8) is 0 Å². The molecule has 0 radical (unpaired) electrons. The molecular weight excluding hydrogens is 285 g/mol. The average molecular weight is 296 g/mol. The van der Waals surface area contributed by atoms with Crippen LogP contribution in [0.2, 0.25) is 5.15 Å². The lowest BCUT2D eigenvalue weighted by Crippen LogP contribution is -2.00. The number of aryl methyl sites for hydroxylation is 2. The Labute approximate surface area is 109 Å². The first-order valence-corrected chi connectivity index (χ1v) is 7.67. The predicted molar refractivity (Wildman–Crippen MR) is 64.5 cm³/mol. The van der Waals surface area contributed by atoms with Crippen LogP contribution in [0.15, 0.2) is 4.90 Å². The molecular formula is C9H11Cl2N3O2S. The Bertz CT molecular complexity index is 545. The monoisotopic (exact) mass is 295 g/mol. The van der Waals surface area contributed by atoms with Crippen LogP contribution in [0.25, 0.3) is 0 Å². The van der Waals surface area contributed by atoms with Crippen LogP contribution in [-0.2, 0) is 22.0 Å². The van der Waals surface area contributed by atoms with Crippen LogP contribution in [0.3, 0.4) is 0 Å². The highest BCUT2D eigenvalue weighted by molar-refractivity contribution is 8.13. The van der Waals surface area contributed by atoms with E-state index in [2.05, 4.69) is 5.10 Å². The van der Waals surface area contributed by atoms with Crippen LogP contribution in [0, 0.1) is 11.3 Å². The van der Waals surface area contributed by atoms with E-state index >= 15 is 0 Å². The Morgan fingerprint density at radius 3 is 2.65 bits per heavy atom. The zero-order valence-electron chi connectivity index (χ0n) is 9.15. The lowest BCUT2D eigenvalue weighted by molar-refractivity contribution is 0.607. The van der Waals surface area contributed by atoms with Gasteiger partial charge in [-0.3, -0.25) is 4.68 Å². The van der Waals surface area contributed by atoms with Crippen LogP contribution < -0.4 is 0 Å². The first kappa shape index (κ1) is 14.3. The Morgan fingerprint density at radius 2 is 2.18 bits per heavy atom. The van der Waals surface area contributed by atoms with E-state index in [1.165, 1.54) is 4.68 Å². The van der Waals surface area contributed by atoms with Crippen molar-refractivity contribution in [1.29, 1.82) is 5.26 Å². The smallest absolute Gasteiger partial charge is 0.251 e. The molecule has 0 atom stereocenters. The van der Waals surface area contributed by atoms with Crippen LogP contribution in [0.5, 0.6) is 0 Å². The van der Waals surface area contributed by atoms with Gasteiger partial charge < -0.3 is 0 Å². The van der Waals surface area contributed by atoms with Gasteiger partial charge in [0.25, 0.3) is 9.05 Å². The standard InChI is InChI=1S/C9H11Cl2N3O2S/c1-2-4-7-8(17(11,15)16)9(10)14(13-7)6-3-5-12/h2-4,6H2,1H3. The van der Waals surface area contributed by atoms with Crippen LogP contribution in [-0.4, -0.2) is 18.2 Å². The maximum Gasteiger partial charge on any atom is 0.266 e. The minimum atomic E-state index is -3.92. The van der Waals surface area contributed by atoms with Gasteiger partial charge in [0.15, 0.2) is 0 Å². The topological polar surface area (TPSA) is 75.8 Å². The van der Waals surface area contributed by atoms with Gasteiger partial charge in [-0.15, -0.1) is 0 Å². The molecule has 94 valence electrons. The number of aromatic nitrogens is 2. The first-order chi connectivity index (χ1) is 7.91. The van der Waals surface area contributed by atoms with E-state index in [1.54, 1.807) is 0 Å². The lowest BCUT2D eigenvalue weighted by Gasteiger charge is -1.98. The first-order valence-electron chi connectivity index (χ1n) is 4.98. The average Bonchev–Trinajstić information content (AvgIpc) is 2.52. The van der Waals surface area contributed by atoms with Crippen molar-refractivity contribution in [3.8, 4) is 6.07 Å². The van der Waals surface area contributed by atoms with Crippen LogP contribution >= 0.6 is 22.3 Å². The van der Waals surface area contributed by atoms with Crippen molar-refractivity contribution in [1.82, 2.24) is 9.78 Å². The van der Waals surface area contributed by atoms with Crippen LogP contribution in [0.1, 0.15) is 25.5 Å². The number of nitriles is 1. The van der Waals surface area contributed by atoms with E-state index in [1.807, 2.05) is 13.0 Å². The van der Waals surface area contributed by atoms with Gasteiger partial charge >= 0.3 is 0 Å². The Kier molecular flexibility index (Phi) is 4.80. The molecule has 0 fully saturated rings. The van der Waals surface area contributed by atoms with Gasteiger partial charge in [0.2, 0.25) is 0 Å². The fourth-order valence-corrected chi connectivity index (χ4v) is 3.29. The summed E-state index contributed by atoms with van der Waals surface area (Å²) in [6.07, 6.45) is 1.40. The molecule has 17 heavy (non-hydrogen) atoms. The molecule has 1 aromatic heterocycles. The van der Waals surface area contributed by atoms with E-state index in [0.29, 0.717) is 12.1 Å². The summed E-state index contributed by atoms with van der Waals surface area (Å²) in [6.45, 7) is 2.14. The zero-order chi connectivity index (χ0) is 13.1. The van der Waals surface area contributed by atoms with Gasteiger partial charge in [0, 0.05) is 10.7 Å². The Hall–Kier alpha value is -0.770. The summed E-state index contributed by atoms with van der Waals surface area (Å²) >= 11 is 5.91. The van der Waals surface area contributed by atoms with Crippen molar-refractivity contribution < 1.29 is 8.42 Å². The summed E-state index contributed by atoms with van der Waals surface area (Å²) in [5.74, 6) is 0. The molecule has 1 rings (SSSR count). The fourth-order valence-electron chi connectivity index (χ4n) is 1.42. The Morgan fingerprint density at radius 1 is 1.53 bits per heavy atom. The third kappa shape index (κ3) is 3.35. The summed E-state index contributed by atoms with van der Waals surface area (Å²) in [4.78, 5) is -0.138. The highest BCUT2D eigenvalue weighted by Crippen LogP contribution is 2.29. The molecule has 0 aliphatic rings. The normalized spacial score (nSPS) is 11.4. The number of hydrogen-bond donors (Lipinski definition) is 0. The van der Waals surface area contributed by atoms with Gasteiger partial charge in [-0.1, -0.05) is 24.9 Å². The second kappa shape index (κ2) is 5.71. The maximum absolute atomic E-state index is 11.4. The summed E-state index contributed by atoms with van der Waals surface area (Å²) in [5, 5.41) is 12.5. The molecule has 8 heteroatoms. The number of halogens is 2. The van der Waals surface area contributed by atoms with E-state index < -0.39 is 9.05 Å². The second-order valence-corrected chi connectivity index (χ2v) is 6.25. The molecule has 1 heterocycles. The van der Waals surface area contributed by atoms with Crippen molar-refractivity contribution in [3.05, 3.63) is 10.8 Å². The van der Waals surface area contributed by atoms with Crippen molar-refractivity contribution in [2.24, 2.45) is 0 Å². The quantitative estimate of drug-likeness (QED) is 0.781. The molecule has 5 nitrogen and oxygen atoms in total. The largest absolute Gasteiger partial charge is 0.266 e. The van der Waals surface area contributed by atoms with Crippen LogP contribution in [0.4, 0.5) is 0 Å².